The van der Waals surface area contributed by atoms with Crippen molar-refractivity contribution in [2.24, 2.45) is 11.3 Å². The summed E-state index contributed by atoms with van der Waals surface area (Å²) < 4.78 is 34.5. The lowest BCUT2D eigenvalue weighted by Gasteiger charge is -2.42. The van der Waals surface area contributed by atoms with Crippen LogP contribution in [0, 0.1) is 34.3 Å². The fourth-order valence-corrected chi connectivity index (χ4v) is 10.3. The Kier molecular flexibility index (Phi) is 12.7. The third-order valence-corrected chi connectivity index (χ3v) is 14.3. The van der Waals surface area contributed by atoms with Crippen LogP contribution in [0.1, 0.15) is 97.1 Å². The number of anilines is 3. The molecular formula is C49H59F2N13O3. The molecule has 67 heavy (non-hydrogen) atoms. The van der Waals surface area contributed by atoms with Crippen molar-refractivity contribution in [3.05, 3.63) is 72.4 Å². The van der Waals surface area contributed by atoms with E-state index in [1.165, 1.54) is 12.1 Å². The molecule has 3 aliphatic heterocycles. The number of nitrogens with one attached hydrogen (secondary N) is 3. The molecule has 1 atom stereocenters. The summed E-state index contributed by atoms with van der Waals surface area (Å²) in [4.78, 5) is 53.3. The Bertz CT molecular complexity index is 2660. The molecule has 0 bridgehead atoms. The van der Waals surface area contributed by atoms with Gasteiger partial charge in [0.1, 0.15) is 28.7 Å². The van der Waals surface area contributed by atoms with Crippen LogP contribution in [0.2, 0.25) is 0 Å². The Labute approximate surface area is 389 Å². The maximum atomic E-state index is 15.4. The third-order valence-electron chi connectivity index (χ3n) is 14.3. The fraction of sp³-hybridized carbons (Fsp3) is 0.510. The third kappa shape index (κ3) is 9.56. The van der Waals surface area contributed by atoms with E-state index in [0.717, 1.165) is 75.0 Å². The zero-order valence-corrected chi connectivity index (χ0v) is 38.7. The summed E-state index contributed by atoms with van der Waals surface area (Å²) in [6, 6.07) is 9.35. The minimum Gasteiger partial charge on any atom is -0.384 e. The molecule has 3 amide bonds. The first-order valence-electron chi connectivity index (χ1n) is 23.6. The number of hydrogen-bond acceptors (Lipinski definition) is 12. The molecule has 18 heteroatoms. The highest BCUT2D eigenvalue weighted by atomic mass is 19.1. The maximum Gasteiger partial charge on any atom is 0.231 e. The molecule has 4 aromatic heterocycles. The number of amides is 3. The Morgan fingerprint density at radius 3 is 2.25 bits per heavy atom. The molecule has 5 aromatic rings. The average molecular weight is 916 g/mol. The number of nitrogens with zero attached hydrogens (tertiary/aromatic N) is 10. The van der Waals surface area contributed by atoms with E-state index in [4.69, 9.17) is 15.1 Å². The maximum absolute atomic E-state index is 15.4. The molecule has 7 heterocycles. The van der Waals surface area contributed by atoms with Gasteiger partial charge in [0.05, 0.1) is 47.4 Å². The average Bonchev–Trinajstić information content (AvgIpc) is 3.99. The van der Waals surface area contributed by atoms with Crippen LogP contribution in [0.4, 0.5) is 26.0 Å². The van der Waals surface area contributed by atoms with Gasteiger partial charge in [0.15, 0.2) is 11.6 Å². The zero-order chi connectivity index (χ0) is 47.0. The number of pyridine rings is 1. The number of hydrogen-bond donors (Lipinski definition) is 3. The van der Waals surface area contributed by atoms with E-state index >= 15 is 8.78 Å². The molecule has 1 saturated carbocycles. The van der Waals surface area contributed by atoms with Crippen LogP contribution in [0.15, 0.2) is 55.2 Å². The standard InChI is InChI=1S/C49H59F2N13O3/c1-5-49(47(67)59-48(2,3)4)14-16-61(17-15-49)41-12-6-31(25-54-41)43-44-33(24-52)27-56-64(44)30-40(57-43)34-28-55-63(29-34)37-10-8-36(9-11-37)60-18-20-62(21-19-60)45-38(50)22-35(23-39(45)51)53-26-32-7-13-42(65)58-46(32)66/h6,12,22-23,25,27-30,32,36-37,53H,5,7-11,13-21,26H2,1-4H3,(H,59,67)(H,58,65,66). The Morgan fingerprint density at radius 1 is 0.896 bits per heavy atom. The number of carbonyl (C=O) groups excluding carboxylic acids is 3. The van der Waals surface area contributed by atoms with Gasteiger partial charge in [-0.15, -0.1) is 0 Å². The number of piperazine rings is 1. The van der Waals surface area contributed by atoms with E-state index in [1.54, 1.807) is 21.8 Å². The summed E-state index contributed by atoms with van der Waals surface area (Å²) in [7, 11) is 0. The first kappa shape index (κ1) is 45.7. The van der Waals surface area contributed by atoms with Gasteiger partial charge in [-0.2, -0.15) is 15.5 Å². The van der Waals surface area contributed by atoms with Gasteiger partial charge in [0.25, 0.3) is 0 Å². The number of imide groups is 1. The molecule has 4 aliphatic rings. The van der Waals surface area contributed by atoms with Gasteiger partial charge in [0, 0.05) is 93.0 Å². The first-order chi connectivity index (χ1) is 32.2. The number of aromatic nitrogens is 6. The molecule has 0 radical (unpaired) electrons. The molecule has 3 N–H and O–H groups in total. The van der Waals surface area contributed by atoms with Gasteiger partial charge < -0.3 is 20.4 Å². The van der Waals surface area contributed by atoms with Crippen molar-refractivity contribution in [2.45, 2.75) is 103 Å². The quantitative estimate of drug-likeness (QED) is 0.123. The Morgan fingerprint density at radius 2 is 1.61 bits per heavy atom. The molecule has 0 spiro atoms. The number of halogens is 2. The molecule has 1 aliphatic carbocycles. The van der Waals surface area contributed by atoms with E-state index in [2.05, 4.69) is 43.8 Å². The Hall–Kier alpha value is -6.48. The van der Waals surface area contributed by atoms with Crippen molar-refractivity contribution in [2.75, 3.05) is 60.9 Å². The molecule has 16 nitrogen and oxygen atoms in total. The van der Waals surface area contributed by atoms with Crippen molar-refractivity contribution >= 4 is 40.4 Å². The van der Waals surface area contributed by atoms with Crippen molar-refractivity contribution < 1.29 is 23.2 Å². The van der Waals surface area contributed by atoms with E-state index < -0.39 is 23.0 Å². The van der Waals surface area contributed by atoms with E-state index in [1.807, 2.05) is 56.2 Å². The van der Waals surface area contributed by atoms with Crippen LogP contribution in [-0.4, -0.2) is 109 Å². The van der Waals surface area contributed by atoms with Crippen molar-refractivity contribution in [3.63, 3.8) is 0 Å². The van der Waals surface area contributed by atoms with Crippen molar-refractivity contribution in [1.29, 1.82) is 5.26 Å². The highest BCUT2D eigenvalue weighted by molar-refractivity contribution is 5.98. The van der Waals surface area contributed by atoms with Crippen LogP contribution in [0.25, 0.3) is 28.0 Å². The summed E-state index contributed by atoms with van der Waals surface area (Å²) in [6.45, 7) is 12.2. The summed E-state index contributed by atoms with van der Waals surface area (Å²) in [5.74, 6) is -1.47. The van der Waals surface area contributed by atoms with Crippen LogP contribution in [0.5, 0.6) is 0 Å². The Balaban J connectivity index is 0.811. The number of carbonyl (C=O) groups is 3. The first-order valence-corrected chi connectivity index (χ1v) is 23.6. The van der Waals surface area contributed by atoms with Crippen LogP contribution in [0.3, 0.4) is 0 Å². The van der Waals surface area contributed by atoms with Gasteiger partial charge in [-0.3, -0.25) is 29.3 Å². The largest absolute Gasteiger partial charge is 0.384 e. The van der Waals surface area contributed by atoms with Gasteiger partial charge in [-0.05, 0) is 96.4 Å². The second-order valence-corrected chi connectivity index (χ2v) is 19.7. The summed E-state index contributed by atoms with van der Waals surface area (Å²) in [5.41, 5.74) is 3.42. The molecule has 1 aromatic carbocycles. The lowest BCUT2D eigenvalue weighted by Crippen LogP contribution is -2.53. The summed E-state index contributed by atoms with van der Waals surface area (Å²) in [5, 5.41) is 27.8. The normalized spacial score (nSPS) is 21.5. The predicted molar refractivity (Wildman–Crippen MR) is 250 cm³/mol. The highest BCUT2D eigenvalue weighted by Crippen LogP contribution is 2.38. The van der Waals surface area contributed by atoms with Gasteiger partial charge in [0.2, 0.25) is 17.7 Å². The number of fused-ring (bicyclic) bond motifs is 1. The van der Waals surface area contributed by atoms with Gasteiger partial charge >= 0.3 is 0 Å². The molecule has 352 valence electrons. The van der Waals surface area contributed by atoms with Crippen LogP contribution >= 0.6 is 0 Å². The van der Waals surface area contributed by atoms with Crippen LogP contribution in [-0.2, 0) is 14.4 Å². The second kappa shape index (κ2) is 18.7. The topological polar surface area (TPSA) is 182 Å². The number of piperidine rings is 2. The number of rotatable bonds is 11. The van der Waals surface area contributed by atoms with Crippen molar-refractivity contribution in [3.8, 4) is 28.6 Å². The monoisotopic (exact) mass is 915 g/mol. The predicted octanol–water partition coefficient (Wildman–Crippen LogP) is 6.49. The van der Waals surface area contributed by atoms with Gasteiger partial charge in [-0.1, -0.05) is 6.92 Å². The highest BCUT2D eigenvalue weighted by Gasteiger charge is 2.41. The smallest absolute Gasteiger partial charge is 0.231 e. The molecule has 4 fully saturated rings. The minimum absolute atomic E-state index is 0.0329. The number of benzene rings is 1. The zero-order valence-electron chi connectivity index (χ0n) is 38.7. The fourth-order valence-electron chi connectivity index (χ4n) is 10.3. The summed E-state index contributed by atoms with van der Waals surface area (Å²) >= 11 is 0. The summed E-state index contributed by atoms with van der Waals surface area (Å²) in [6.07, 6.45) is 15.8. The lowest BCUT2D eigenvalue weighted by molar-refractivity contribution is -0.136. The molecule has 1 unspecified atom stereocenters. The SMILES string of the molecule is CCC1(C(=O)NC(C)(C)C)CCN(c2ccc(-c3nc(-c4cnn(C5CCC(N6CCN(c7c(F)cc(NCC8CCC(=O)NC8=O)cc7F)CC6)CC5)c4)cn4ncc(C#N)c34)cn2)CC1. The lowest BCUT2D eigenvalue weighted by atomic mass is 9.75. The number of nitriles is 1. The van der Waals surface area contributed by atoms with Gasteiger partial charge in [-0.25, -0.2) is 23.3 Å². The second-order valence-electron chi connectivity index (χ2n) is 19.7. The van der Waals surface area contributed by atoms with E-state index in [9.17, 15) is 19.6 Å². The van der Waals surface area contributed by atoms with Crippen LogP contribution < -0.4 is 25.8 Å². The molecule has 9 rings (SSSR count). The van der Waals surface area contributed by atoms with Crippen molar-refractivity contribution in [1.82, 2.24) is 44.9 Å². The van der Waals surface area contributed by atoms with E-state index in [-0.39, 0.29) is 53.6 Å². The minimum atomic E-state index is -0.648. The van der Waals surface area contributed by atoms with E-state index in [0.29, 0.717) is 61.1 Å². The molecular weight excluding hydrogens is 857 g/mol. The molecule has 3 saturated heterocycles.